The molecule has 122 valence electrons. The van der Waals surface area contributed by atoms with Crippen LogP contribution in [-0.4, -0.2) is 34.7 Å². The number of hydrogen-bond acceptors (Lipinski definition) is 4. The van der Waals surface area contributed by atoms with Crippen molar-refractivity contribution in [2.45, 2.75) is 40.5 Å². The summed E-state index contributed by atoms with van der Waals surface area (Å²) >= 11 is 5.27. The van der Waals surface area contributed by atoms with Crippen molar-refractivity contribution in [1.82, 2.24) is 15.3 Å². The van der Waals surface area contributed by atoms with Gasteiger partial charge >= 0.3 is 0 Å². The van der Waals surface area contributed by atoms with Gasteiger partial charge < -0.3 is 15.5 Å². The van der Waals surface area contributed by atoms with Gasteiger partial charge in [-0.1, -0.05) is 20.8 Å². The van der Waals surface area contributed by atoms with Crippen LogP contribution < -0.4 is 15.5 Å². The number of aryl methyl sites for hydroxylation is 1. The SMILES string of the molecule is CCCNC(=S)Nc1nc(C)cc(N2C[C@H](C)C[C@@H](C)C2)n1. The summed E-state index contributed by atoms with van der Waals surface area (Å²) in [6.07, 6.45) is 2.32. The maximum absolute atomic E-state index is 5.27. The molecule has 1 aliphatic heterocycles. The molecule has 1 aliphatic rings. The quantitative estimate of drug-likeness (QED) is 0.832. The van der Waals surface area contributed by atoms with Gasteiger partial charge in [-0.25, -0.2) is 4.98 Å². The summed E-state index contributed by atoms with van der Waals surface area (Å²) in [6, 6.07) is 2.05. The van der Waals surface area contributed by atoms with Crippen molar-refractivity contribution < 1.29 is 0 Å². The maximum Gasteiger partial charge on any atom is 0.231 e. The summed E-state index contributed by atoms with van der Waals surface area (Å²) < 4.78 is 0. The first-order valence-electron chi connectivity index (χ1n) is 8.13. The molecule has 2 atom stereocenters. The number of thiocarbonyl (C=S) groups is 1. The van der Waals surface area contributed by atoms with Gasteiger partial charge in [0.2, 0.25) is 5.95 Å². The summed E-state index contributed by atoms with van der Waals surface area (Å²) in [7, 11) is 0. The molecule has 2 heterocycles. The molecule has 0 amide bonds. The first-order valence-corrected chi connectivity index (χ1v) is 8.54. The second kappa shape index (κ2) is 7.72. The number of nitrogens with zero attached hydrogens (tertiary/aromatic N) is 3. The van der Waals surface area contributed by atoms with Crippen molar-refractivity contribution in [3.05, 3.63) is 11.8 Å². The Morgan fingerprint density at radius 2 is 2.00 bits per heavy atom. The lowest BCUT2D eigenvalue weighted by Gasteiger charge is -2.36. The Kier molecular flexibility index (Phi) is 5.94. The van der Waals surface area contributed by atoms with E-state index in [-0.39, 0.29) is 0 Å². The van der Waals surface area contributed by atoms with Crippen LogP contribution >= 0.6 is 12.2 Å². The third-order valence-corrected chi connectivity index (χ3v) is 4.04. The molecular formula is C16H27N5S. The normalized spacial score (nSPS) is 21.5. The van der Waals surface area contributed by atoms with Gasteiger partial charge in [0.05, 0.1) is 0 Å². The van der Waals surface area contributed by atoms with Crippen LogP contribution in [0.3, 0.4) is 0 Å². The van der Waals surface area contributed by atoms with Crippen LogP contribution in [0.4, 0.5) is 11.8 Å². The highest BCUT2D eigenvalue weighted by Crippen LogP contribution is 2.25. The third-order valence-electron chi connectivity index (χ3n) is 3.79. The Morgan fingerprint density at radius 1 is 1.32 bits per heavy atom. The monoisotopic (exact) mass is 321 g/mol. The summed E-state index contributed by atoms with van der Waals surface area (Å²) in [6.45, 7) is 11.7. The highest BCUT2D eigenvalue weighted by atomic mass is 32.1. The third kappa shape index (κ3) is 4.80. The van der Waals surface area contributed by atoms with Gasteiger partial charge in [0, 0.05) is 31.4 Å². The summed E-state index contributed by atoms with van der Waals surface area (Å²) in [5.74, 6) is 2.96. The van der Waals surface area contributed by atoms with E-state index in [1.165, 1.54) is 6.42 Å². The van der Waals surface area contributed by atoms with Gasteiger partial charge in [0.25, 0.3) is 0 Å². The Hall–Kier alpha value is -1.43. The van der Waals surface area contributed by atoms with E-state index >= 15 is 0 Å². The molecule has 22 heavy (non-hydrogen) atoms. The van der Waals surface area contributed by atoms with Crippen LogP contribution in [0.1, 0.15) is 39.3 Å². The summed E-state index contributed by atoms with van der Waals surface area (Å²) in [4.78, 5) is 11.5. The molecule has 0 radical (unpaired) electrons. The Morgan fingerprint density at radius 3 is 2.64 bits per heavy atom. The van der Waals surface area contributed by atoms with E-state index in [1.54, 1.807) is 0 Å². The molecule has 0 unspecified atom stereocenters. The van der Waals surface area contributed by atoms with Crippen molar-refractivity contribution in [3.63, 3.8) is 0 Å². The first kappa shape index (κ1) is 16.9. The van der Waals surface area contributed by atoms with Crippen molar-refractivity contribution in [3.8, 4) is 0 Å². The lowest BCUT2D eigenvalue weighted by atomic mass is 9.92. The molecule has 1 saturated heterocycles. The van der Waals surface area contributed by atoms with E-state index in [0.29, 0.717) is 22.9 Å². The van der Waals surface area contributed by atoms with Gasteiger partial charge in [-0.05, 0) is 43.8 Å². The Bertz CT molecular complexity index is 509. The topological polar surface area (TPSA) is 53.1 Å². The van der Waals surface area contributed by atoms with Crippen LogP contribution in [0.5, 0.6) is 0 Å². The number of rotatable bonds is 4. The second-order valence-corrected chi connectivity index (χ2v) is 6.83. The van der Waals surface area contributed by atoms with E-state index < -0.39 is 0 Å². The fourth-order valence-electron chi connectivity index (χ4n) is 3.00. The largest absolute Gasteiger partial charge is 0.362 e. The van der Waals surface area contributed by atoms with Crippen LogP contribution in [-0.2, 0) is 0 Å². The van der Waals surface area contributed by atoms with Gasteiger partial charge in [0.1, 0.15) is 5.82 Å². The molecule has 0 aliphatic carbocycles. The fourth-order valence-corrected chi connectivity index (χ4v) is 3.20. The summed E-state index contributed by atoms with van der Waals surface area (Å²) in [5.41, 5.74) is 0.955. The van der Waals surface area contributed by atoms with E-state index in [0.717, 1.165) is 37.6 Å². The number of piperidine rings is 1. The lowest BCUT2D eigenvalue weighted by molar-refractivity contribution is 0.355. The molecular weight excluding hydrogens is 294 g/mol. The van der Waals surface area contributed by atoms with E-state index in [9.17, 15) is 0 Å². The predicted octanol–water partition coefficient (Wildman–Crippen LogP) is 2.96. The molecule has 5 nitrogen and oxygen atoms in total. The standard InChI is InChI=1S/C16H27N5S/c1-5-6-17-16(22)20-15-18-13(4)8-14(19-15)21-9-11(2)7-12(3)10-21/h8,11-12H,5-7,9-10H2,1-4H3,(H2,17,18,19,20,22)/t11-,12-/m1/s1. The minimum Gasteiger partial charge on any atom is -0.362 e. The number of nitrogens with one attached hydrogen (secondary N) is 2. The smallest absolute Gasteiger partial charge is 0.231 e. The van der Waals surface area contributed by atoms with Gasteiger partial charge in [-0.3, -0.25) is 0 Å². The van der Waals surface area contributed by atoms with E-state index in [2.05, 4.69) is 52.3 Å². The van der Waals surface area contributed by atoms with Crippen molar-refractivity contribution in [2.75, 3.05) is 29.9 Å². The van der Waals surface area contributed by atoms with Crippen molar-refractivity contribution in [2.24, 2.45) is 11.8 Å². The molecule has 1 fully saturated rings. The molecule has 2 N–H and O–H groups in total. The molecule has 1 aromatic heterocycles. The van der Waals surface area contributed by atoms with Gasteiger partial charge in [-0.2, -0.15) is 4.98 Å². The molecule has 0 bridgehead atoms. The highest BCUT2D eigenvalue weighted by Gasteiger charge is 2.23. The van der Waals surface area contributed by atoms with Crippen LogP contribution in [0.2, 0.25) is 0 Å². The minimum atomic E-state index is 0.578. The number of aromatic nitrogens is 2. The van der Waals surface area contributed by atoms with Crippen molar-refractivity contribution in [1.29, 1.82) is 0 Å². The highest BCUT2D eigenvalue weighted by molar-refractivity contribution is 7.80. The molecule has 0 saturated carbocycles. The predicted molar refractivity (Wildman–Crippen MR) is 96.4 cm³/mol. The van der Waals surface area contributed by atoms with E-state index in [1.807, 2.05) is 6.92 Å². The zero-order valence-corrected chi connectivity index (χ0v) is 14.8. The zero-order valence-electron chi connectivity index (χ0n) is 14.0. The van der Waals surface area contributed by atoms with Crippen LogP contribution in [0, 0.1) is 18.8 Å². The minimum absolute atomic E-state index is 0.578. The molecule has 0 aromatic carbocycles. The maximum atomic E-state index is 5.27. The van der Waals surface area contributed by atoms with E-state index in [4.69, 9.17) is 12.2 Å². The van der Waals surface area contributed by atoms with Gasteiger partial charge in [0.15, 0.2) is 5.11 Å². The molecule has 0 spiro atoms. The second-order valence-electron chi connectivity index (χ2n) is 6.42. The lowest BCUT2D eigenvalue weighted by Crippen LogP contribution is -2.39. The first-order chi connectivity index (χ1) is 10.5. The zero-order chi connectivity index (χ0) is 16.1. The number of anilines is 2. The molecule has 1 aromatic rings. The average molecular weight is 321 g/mol. The molecule has 6 heteroatoms. The molecule has 2 rings (SSSR count). The van der Waals surface area contributed by atoms with Crippen molar-refractivity contribution >= 4 is 29.1 Å². The Labute approximate surface area is 138 Å². The average Bonchev–Trinajstić information content (AvgIpc) is 2.43. The summed E-state index contributed by atoms with van der Waals surface area (Å²) in [5, 5.41) is 6.81. The van der Waals surface area contributed by atoms with Crippen LogP contribution in [0.25, 0.3) is 0 Å². The van der Waals surface area contributed by atoms with Crippen LogP contribution in [0.15, 0.2) is 6.07 Å². The Balaban J connectivity index is 2.10. The van der Waals surface area contributed by atoms with Gasteiger partial charge in [-0.15, -0.1) is 0 Å². The number of hydrogen-bond donors (Lipinski definition) is 2. The fraction of sp³-hybridized carbons (Fsp3) is 0.688.